The summed E-state index contributed by atoms with van der Waals surface area (Å²) in [4.78, 5) is 0. The van der Waals surface area contributed by atoms with E-state index in [2.05, 4.69) is 20.8 Å². The van der Waals surface area contributed by atoms with E-state index in [1.54, 1.807) is 0 Å². The molecule has 2 nitrogen and oxygen atoms in total. The molecule has 0 aromatic carbocycles. The zero-order chi connectivity index (χ0) is 11.4. The van der Waals surface area contributed by atoms with Gasteiger partial charge >= 0.3 is 0 Å². The van der Waals surface area contributed by atoms with Crippen molar-refractivity contribution in [2.24, 2.45) is 0 Å². The van der Waals surface area contributed by atoms with E-state index in [1.165, 1.54) is 32.1 Å². The Kier molecular flexibility index (Phi) is 11.9. The second-order valence-electron chi connectivity index (χ2n) is 3.99. The highest BCUT2D eigenvalue weighted by Crippen LogP contribution is 2.06. The number of hydrogen-bond acceptors (Lipinski definition) is 2. The molecule has 0 rings (SSSR count). The van der Waals surface area contributed by atoms with E-state index in [0.29, 0.717) is 0 Å². The van der Waals surface area contributed by atoms with Gasteiger partial charge in [-0.05, 0) is 19.3 Å². The summed E-state index contributed by atoms with van der Waals surface area (Å²) in [6, 6.07) is 0. The summed E-state index contributed by atoms with van der Waals surface area (Å²) in [5.41, 5.74) is 0. The van der Waals surface area contributed by atoms with Crippen LogP contribution in [0.1, 0.15) is 65.7 Å². The molecule has 0 aliphatic heterocycles. The highest BCUT2D eigenvalue weighted by atomic mass is 16.7. The first-order valence-corrected chi connectivity index (χ1v) is 6.58. The molecule has 0 fully saturated rings. The molecule has 0 aromatic rings. The smallest absolute Gasteiger partial charge is 0.157 e. The Morgan fingerprint density at radius 3 is 2.00 bits per heavy atom. The molecule has 1 unspecified atom stereocenters. The average molecular weight is 216 g/mol. The van der Waals surface area contributed by atoms with Gasteiger partial charge in [0.1, 0.15) is 0 Å². The van der Waals surface area contributed by atoms with Crippen molar-refractivity contribution in [3.8, 4) is 0 Å². The van der Waals surface area contributed by atoms with E-state index < -0.39 is 0 Å². The minimum Gasteiger partial charge on any atom is -0.353 e. The zero-order valence-corrected chi connectivity index (χ0v) is 10.8. The zero-order valence-electron chi connectivity index (χ0n) is 10.8. The predicted octanol–water partition coefficient (Wildman–Crippen LogP) is 4.14. The average Bonchev–Trinajstić information content (AvgIpc) is 2.27. The van der Waals surface area contributed by atoms with E-state index in [0.717, 1.165) is 26.1 Å². The summed E-state index contributed by atoms with van der Waals surface area (Å²) in [7, 11) is 0. The maximum Gasteiger partial charge on any atom is 0.157 e. The number of rotatable bonds is 11. The Hall–Kier alpha value is -0.0800. The molecule has 0 heterocycles. The summed E-state index contributed by atoms with van der Waals surface area (Å²) in [6.07, 6.45) is 8.50. The van der Waals surface area contributed by atoms with E-state index in [-0.39, 0.29) is 6.29 Å². The van der Waals surface area contributed by atoms with Gasteiger partial charge in [0.2, 0.25) is 0 Å². The molecule has 1 atom stereocenters. The number of hydrogen-bond donors (Lipinski definition) is 0. The fourth-order valence-corrected chi connectivity index (χ4v) is 1.45. The maximum absolute atomic E-state index is 5.65. The third kappa shape index (κ3) is 10.2. The summed E-state index contributed by atoms with van der Waals surface area (Å²) in [5, 5.41) is 0. The van der Waals surface area contributed by atoms with Crippen LogP contribution in [0.4, 0.5) is 0 Å². The van der Waals surface area contributed by atoms with Crippen molar-refractivity contribution in [2.75, 3.05) is 13.2 Å². The Balaban J connectivity index is 3.22. The fraction of sp³-hybridized carbons (Fsp3) is 1.00. The van der Waals surface area contributed by atoms with Crippen LogP contribution in [0, 0.1) is 0 Å². The second-order valence-corrected chi connectivity index (χ2v) is 3.99. The van der Waals surface area contributed by atoms with Crippen LogP contribution in [-0.4, -0.2) is 19.5 Å². The van der Waals surface area contributed by atoms with E-state index in [4.69, 9.17) is 9.47 Å². The largest absolute Gasteiger partial charge is 0.353 e. The molecule has 0 aliphatic carbocycles. The van der Waals surface area contributed by atoms with Gasteiger partial charge in [0.25, 0.3) is 0 Å². The molecule has 0 N–H and O–H groups in total. The monoisotopic (exact) mass is 216 g/mol. The highest BCUT2D eigenvalue weighted by molar-refractivity contribution is 4.44. The molecule has 92 valence electrons. The molecule has 0 aliphatic rings. The van der Waals surface area contributed by atoms with Crippen molar-refractivity contribution in [3.63, 3.8) is 0 Å². The molecular weight excluding hydrogens is 188 g/mol. The predicted molar refractivity (Wildman–Crippen MR) is 65.0 cm³/mol. The Morgan fingerprint density at radius 2 is 1.40 bits per heavy atom. The molecule has 15 heavy (non-hydrogen) atoms. The van der Waals surface area contributed by atoms with Gasteiger partial charge in [-0.25, -0.2) is 0 Å². The van der Waals surface area contributed by atoms with Crippen LogP contribution >= 0.6 is 0 Å². The fourth-order valence-electron chi connectivity index (χ4n) is 1.45. The van der Waals surface area contributed by atoms with Crippen LogP contribution in [0.5, 0.6) is 0 Å². The lowest BCUT2D eigenvalue weighted by molar-refractivity contribution is -0.144. The molecule has 0 bridgehead atoms. The molecule has 0 aromatic heterocycles. The van der Waals surface area contributed by atoms with Crippen molar-refractivity contribution in [1.29, 1.82) is 0 Å². The standard InChI is InChI=1S/C13H28O2/c1-4-7-8-9-10-12-15-13(6-3)14-11-5-2/h13H,4-12H2,1-3H3. The third-order valence-corrected chi connectivity index (χ3v) is 2.39. The van der Waals surface area contributed by atoms with Crippen LogP contribution in [0.3, 0.4) is 0 Å². The maximum atomic E-state index is 5.65. The minimum atomic E-state index is 0.0242. The van der Waals surface area contributed by atoms with Gasteiger partial charge in [0.05, 0.1) is 0 Å². The molecule has 0 amide bonds. The van der Waals surface area contributed by atoms with Gasteiger partial charge in [-0.1, -0.05) is 46.5 Å². The van der Waals surface area contributed by atoms with Crippen LogP contribution in [0.2, 0.25) is 0 Å². The summed E-state index contributed by atoms with van der Waals surface area (Å²) < 4.78 is 11.2. The molecule has 0 saturated heterocycles. The lowest BCUT2D eigenvalue weighted by atomic mass is 10.2. The highest BCUT2D eigenvalue weighted by Gasteiger charge is 2.04. The van der Waals surface area contributed by atoms with Gasteiger partial charge < -0.3 is 9.47 Å². The number of unbranched alkanes of at least 4 members (excludes halogenated alkanes) is 4. The molecule has 2 heteroatoms. The van der Waals surface area contributed by atoms with Gasteiger partial charge in [0.15, 0.2) is 6.29 Å². The molecule has 0 spiro atoms. The van der Waals surface area contributed by atoms with Crippen molar-refractivity contribution in [3.05, 3.63) is 0 Å². The molecule has 0 saturated carbocycles. The van der Waals surface area contributed by atoms with Gasteiger partial charge in [-0.15, -0.1) is 0 Å². The quantitative estimate of drug-likeness (QED) is 0.382. The van der Waals surface area contributed by atoms with Crippen LogP contribution in [-0.2, 0) is 9.47 Å². The van der Waals surface area contributed by atoms with Crippen LogP contribution < -0.4 is 0 Å². The molecule has 0 radical (unpaired) electrons. The normalized spacial score (nSPS) is 13.0. The first-order valence-electron chi connectivity index (χ1n) is 6.58. The lowest BCUT2D eigenvalue weighted by Gasteiger charge is -2.16. The lowest BCUT2D eigenvalue weighted by Crippen LogP contribution is -2.17. The SMILES string of the molecule is CCCCCCCOC(CC)OCCC. The van der Waals surface area contributed by atoms with E-state index in [1.807, 2.05) is 0 Å². The van der Waals surface area contributed by atoms with Crippen LogP contribution in [0.25, 0.3) is 0 Å². The Labute approximate surface area is 95.3 Å². The van der Waals surface area contributed by atoms with Crippen LogP contribution in [0.15, 0.2) is 0 Å². The summed E-state index contributed by atoms with van der Waals surface area (Å²) in [5.74, 6) is 0. The molecular formula is C13H28O2. The van der Waals surface area contributed by atoms with Crippen molar-refractivity contribution < 1.29 is 9.47 Å². The third-order valence-electron chi connectivity index (χ3n) is 2.39. The van der Waals surface area contributed by atoms with Crippen molar-refractivity contribution in [1.82, 2.24) is 0 Å². The second kappa shape index (κ2) is 12.0. The number of ether oxygens (including phenoxy) is 2. The van der Waals surface area contributed by atoms with Crippen molar-refractivity contribution in [2.45, 2.75) is 72.0 Å². The Bertz CT molecular complexity index is 115. The first-order chi connectivity index (χ1) is 7.35. The van der Waals surface area contributed by atoms with Gasteiger partial charge in [-0.2, -0.15) is 0 Å². The van der Waals surface area contributed by atoms with E-state index >= 15 is 0 Å². The van der Waals surface area contributed by atoms with Crippen molar-refractivity contribution >= 4 is 0 Å². The van der Waals surface area contributed by atoms with E-state index in [9.17, 15) is 0 Å². The summed E-state index contributed by atoms with van der Waals surface area (Å²) >= 11 is 0. The van der Waals surface area contributed by atoms with Gasteiger partial charge in [-0.3, -0.25) is 0 Å². The first kappa shape index (κ1) is 14.9. The summed E-state index contributed by atoms with van der Waals surface area (Å²) in [6.45, 7) is 8.14. The topological polar surface area (TPSA) is 18.5 Å². The Morgan fingerprint density at radius 1 is 0.733 bits per heavy atom. The minimum absolute atomic E-state index is 0.0242. The van der Waals surface area contributed by atoms with Gasteiger partial charge in [0, 0.05) is 13.2 Å².